The molecule has 0 nitrogen and oxygen atoms in total. The molecule has 0 bridgehead atoms. The van der Waals surface area contributed by atoms with Crippen LogP contribution in [0.15, 0.2) is 12.1 Å². The van der Waals surface area contributed by atoms with E-state index in [1.807, 2.05) is 0 Å². The Morgan fingerprint density at radius 1 is 1.27 bits per heavy atom. The number of hydrogen-bond donors (Lipinski definition) is 0. The maximum atomic E-state index is 3.26. The van der Waals surface area contributed by atoms with Crippen molar-refractivity contribution in [2.24, 2.45) is 0 Å². The van der Waals surface area contributed by atoms with Gasteiger partial charge in [0.15, 0.2) is 0 Å². The molecule has 1 aromatic rings. The zero-order valence-corrected chi connectivity index (χ0v) is 7.57. The molecule has 0 saturated carbocycles. The van der Waals surface area contributed by atoms with Crippen LogP contribution in [0.3, 0.4) is 0 Å². The summed E-state index contributed by atoms with van der Waals surface area (Å²) >= 11 is 0. The average molecular weight is 147 g/mol. The summed E-state index contributed by atoms with van der Waals surface area (Å²) in [6, 6.07) is 7.62. The van der Waals surface area contributed by atoms with Crippen LogP contribution >= 0.6 is 0 Å². The first-order chi connectivity index (χ1) is 5.27. The molecule has 0 heterocycles. The maximum absolute atomic E-state index is 3.26. The summed E-state index contributed by atoms with van der Waals surface area (Å²) in [5.74, 6) is 0. The molecular formula is C11H15. The molecule has 1 aromatic carbocycles. The summed E-state index contributed by atoms with van der Waals surface area (Å²) in [6.45, 7) is 6.51. The van der Waals surface area contributed by atoms with Gasteiger partial charge in [-0.15, -0.1) is 0 Å². The Balaban J connectivity index is 3.02. The predicted molar refractivity (Wildman–Crippen MR) is 48.8 cm³/mol. The van der Waals surface area contributed by atoms with Gasteiger partial charge in [0.05, 0.1) is 0 Å². The molecule has 0 fully saturated rings. The second-order valence-electron chi connectivity index (χ2n) is 2.87. The van der Waals surface area contributed by atoms with Gasteiger partial charge in [-0.05, 0) is 42.5 Å². The first-order valence-corrected chi connectivity index (χ1v) is 4.28. The lowest BCUT2D eigenvalue weighted by Gasteiger charge is -2.03. The first-order valence-electron chi connectivity index (χ1n) is 4.28. The van der Waals surface area contributed by atoms with Gasteiger partial charge in [0.2, 0.25) is 0 Å². The molecule has 0 amide bonds. The number of aryl methyl sites for hydroxylation is 3. The second-order valence-corrected chi connectivity index (χ2v) is 2.87. The van der Waals surface area contributed by atoms with Crippen LogP contribution in [-0.2, 0) is 12.8 Å². The topological polar surface area (TPSA) is 0 Å². The standard InChI is InChI=1S/C11H15/c1-4-10-7-6-9(3)11(5-2)8-10/h6,8H,4-5H2,1-3H3. The van der Waals surface area contributed by atoms with E-state index in [1.165, 1.54) is 16.7 Å². The molecule has 0 aliphatic rings. The van der Waals surface area contributed by atoms with Crippen molar-refractivity contribution < 1.29 is 0 Å². The molecule has 11 heavy (non-hydrogen) atoms. The SMILES string of the molecule is CCc1[c]cc(C)c(CC)c1. The highest BCUT2D eigenvalue weighted by Gasteiger charge is 1.96. The van der Waals surface area contributed by atoms with Gasteiger partial charge in [-0.3, -0.25) is 0 Å². The minimum absolute atomic E-state index is 1.09. The number of hydrogen-bond acceptors (Lipinski definition) is 0. The largest absolute Gasteiger partial charge is 0.0613 e. The fourth-order valence-electron chi connectivity index (χ4n) is 1.24. The van der Waals surface area contributed by atoms with Crippen molar-refractivity contribution in [2.45, 2.75) is 33.6 Å². The van der Waals surface area contributed by atoms with Crippen LogP contribution in [0.2, 0.25) is 0 Å². The smallest absolute Gasteiger partial charge is 0.0146 e. The lowest BCUT2D eigenvalue weighted by atomic mass is 10.0. The van der Waals surface area contributed by atoms with Crippen LogP contribution < -0.4 is 0 Å². The minimum Gasteiger partial charge on any atom is -0.0613 e. The Morgan fingerprint density at radius 2 is 2.00 bits per heavy atom. The number of benzene rings is 1. The molecule has 0 spiro atoms. The van der Waals surface area contributed by atoms with Crippen LogP contribution in [0.4, 0.5) is 0 Å². The molecular weight excluding hydrogens is 132 g/mol. The highest BCUT2D eigenvalue weighted by atomic mass is 14.0. The second kappa shape index (κ2) is 3.56. The molecule has 0 aliphatic carbocycles. The van der Waals surface area contributed by atoms with Gasteiger partial charge in [0, 0.05) is 0 Å². The van der Waals surface area contributed by atoms with E-state index in [4.69, 9.17) is 0 Å². The van der Waals surface area contributed by atoms with E-state index in [9.17, 15) is 0 Å². The van der Waals surface area contributed by atoms with Gasteiger partial charge in [-0.25, -0.2) is 0 Å². The van der Waals surface area contributed by atoms with Crippen LogP contribution in [0, 0.1) is 13.0 Å². The normalized spacial score (nSPS) is 10.1. The third-order valence-corrected chi connectivity index (χ3v) is 2.09. The minimum atomic E-state index is 1.09. The Hall–Kier alpha value is -0.780. The lowest BCUT2D eigenvalue weighted by Crippen LogP contribution is -1.89. The van der Waals surface area contributed by atoms with E-state index in [-0.39, 0.29) is 0 Å². The Labute approximate surface area is 69.3 Å². The van der Waals surface area contributed by atoms with E-state index in [0.29, 0.717) is 0 Å². The van der Waals surface area contributed by atoms with Crippen LogP contribution in [0.1, 0.15) is 30.5 Å². The van der Waals surface area contributed by atoms with Crippen LogP contribution in [0.5, 0.6) is 0 Å². The van der Waals surface area contributed by atoms with Crippen molar-refractivity contribution in [1.29, 1.82) is 0 Å². The molecule has 0 saturated heterocycles. The summed E-state index contributed by atoms with van der Waals surface area (Å²) in [7, 11) is 0. The molecule has 1 rings (SSSR count). The van der Waals surface area contributed by atoms with E-state index in [0.717, 1.165) is 12.8 Å². The summed E-state index contributed by atoms with van der Waals surface area (Å²) < 4.78 is 0. The van der Waals surface area contributed by atoms with E-state index in [2.05, 4.69) is 39.0 Å². The van der Waals surface area contributed by atoms with E-state index >= 15 is 0 Å². The van der Waals surface area contributed by atoms with Crippen molar-refractivity contribution in [3.05, 3.63) is 34.9 Å². The number of rotatable bonds is 2. The van der Waals surface area contributed by atoms with Crippen molar-refractivity contribution in [1.82, 2.24) is 0 Å². The van der Waals surface area contributed by atoms with Crippen LogP contribution in [-0.4, -0.2) is 0 Å². The highest BCUT2D eigenvalue weighted by molar-refractivity contribution is 5.30. The third-order valence-electron chi connectivity index (χ3n) is 2.09. The van der Waals surface area contributed by atoms with Crippen molar-refractivity contribution >= 4 is 0 Å². The van der Waals surface area contributed by atoms with Gasteiger partial charge in [-0.2, -0.15) is 0 Å². The molecule has 0 aromatic heterocycles. The molecule has 59 valence electrons. The summed E-state index contributed by atoms with van der Waals surface area (Å²) in [6.07, 6.45) is 2.22. The van der Waals surface area contributed by atoms with Gasteiger partial charge in [0.1, 0.15) is 0 Å². The van der Waals surface area contributed by atoms with Crippen LogP contribution in [0.25, 0.3) is 0 Å². The zero-order chi connectivity index (χ0) is 8.27. The van der Waals surface area contributed by atoms with Crippen molar-refractivity contribution in [3.63, 3.8) is 0 Å². The Bertz CT molecular complexity index is 236. The first kappa shape index (κ1) is 8.32. The summed E-state index contributed by atoms with van der Waals surface area (Å²) in [4.78, 5) is 0. The highest BCUT2D eigenvalue weighted by Crippen LogP contribution is 2.11. The molecule has 0 N–H and O–H groups in total. The summed E-state index contributed by atoms with van der Waals surface area (Å²) in [5, 5.41) is 0. The fraction of sp³-hybridized carbons (Fsp3) is 0.455. The fourth-order valence-corrected chi connectivity index (χ4v) is 1.24. The van der Waals surface area contributed by atoms with Crippen molar-refractivity contribution in [3.8, 4) is 0 Å². The lowest BCUT2D eigenvalue weighted by molar-refractivity contribution is 1.06. The molecule has 1 radical (unpaired) electrons. The van der Waals surface area contributed by atoms with Gasteiger partial charge < -0.3 is 0 Å². The monoisotopic (exact) mass is 147 g/mol. The average Bonchev–Trinajstić information content (AvgIpc) is 2.05. The van der Waals surface area contributed by atoms with Gasteiger partial charge in [0.25, 0.3) is 0 Å². The third kappa shape index (κ3) is 1.83. The Kier molecular flexibility index (Phi) is 2.70. The van der Waals surface area contributed by atoms with Crippen molar-refractivity contribution in [2.75, 3.05) is 0 Å². The molecule has 0 atom stereocenters. The molecule has 0 aliphatic heterocycles. The Morgan fingerprint density at radius 3 is 2.55 bits per heavy atom. The maximum Gasteiger partial charge on any atom is -0.0146 e. The van der Waals surface area contributed by atoms with Gasteiger partial charge >= 0.3 is 0 Å². The molecule has 0 unspecified atom stereocenters. The van der Waals surface area contributed by atoms with E-state index in [1.54, 1.807) is 0 Å². The quantitative estimate of drug-likeness (QED) is 0.603. The summed E-state index contributed by atoms with van der Waals surface area (Å²) in [5.41, 5.74) is 4.15. The van der Waals surface area contributed by atoms with Gasteiger partial charge in [-0.1, -0.05) is 26.0 Å². The molecule has 0 heteroatoms. The predicted octanol–water partition coefficient (Wildman–Crippen LogP) is 2.92. The van der Waals surface area contributed by atoms with E-state index < -0.39 is 0 Å². The zero-order valence-electron chi connectivity index (χ0n) is 7.57.